The molecule has 7 heteroatoms. The lowest BCUT2D eigenvalue weighted by Crippen LogP contribution is -2.34. The molecule has 0 unspecified atom stereocenters. The van der Waals surface area contributed by atoms with Crippen LogP contribution in [0.4, 0.5) is 9.18 Å². The van der Waals surface area contributed by atoms with Crippen LogP contribution >= 0.6 is 0 Å². The molecular weight excluding hydrogens is 269 g/mol. The highest BCUT2D eigenvalue weighted by atomic mass is 19.1. The highest BCUT2D eigenvalue weighted by Gasteiger charge is 2.11. The van der Waals surface area contributed by atoms with E-state index in [2.05, 4.69) is 9.47 Å². The number of carbonyl (C=O) groups excluding carboxylic acids is 3. The second-order valence-corrected chi connectivity index (χ2v) is 3.73. The average Bonchev–Trinajstić information content (AvgIpc) is 2.39. The fourth-order valence-corrected chi connectivity index (χ4v) is 1.28. The Balaban J connectivity index is 2.31. The first-order chi connectivity index (χ1) is 9.51. The molecule has 108 valence electrons. The van der Waals surface area contributed by atoms with E-state index >= 15 is 0 Å². The summed E-state index contributed by atoms with van der Waals surface area (Å²) in [5.74, 6) is -1.84. The summed E-state index contributed by atoms with van der Waals surface area (Å²) in [6.07, 6.45) is -0.987. The first-order valence-electron chi connectivity index (χ1n) is 5.88. The third-order valence-corrected chi connectivity index (χ3v) is 2.14. The van der Waals surface area contributed by atoms with Gasteiger partial charge in [0, 0.05) is 0 Å². The van der Waals surface area contributed by atoms with Crippen LogP contribution in [0.15, 0.2) is 24.3 Å². The summed E-state index contributed by atoms with van der Waals surface area (Å²) in [5.41, 5.74) is 0.558. The largest absolute Gasteiger partial charge is 0.455 e. The first-order valence-corrected chi connectivity index (χ1v) is 5.88. The van der Waals surface area contributed by atoms with Crippen molar-refractivity contribution in [1.29, 1.82) is 0 Å². The Morgan fingerprint density at radius 1 is 1.15 bits per heavy atom. The molecule has 0 bridgehead atoms. The van der Waals surface area contributed by atoms with E-state index < -0.39 is 30.4 Å². The zero-order valence-corrected chi connectivity index (χ0v) is 10.8. The lowest BCUT2D eigenvalue weighted by Gasteiger charge is -2.05. The maximum atomic E-state index is 12.6. The van der Waals surface area contributed by atoms with Gasteiger partial charge in [-0.15, -0.1) is 0 Å². The zero-order valence-electron chi connectivity index (χ0n) is 10.8. The molecular formula is C13H14FNO5. The molecule has 20 heavy (non-hydrogen) atoms. The molecule has 0 saturated heterocycles. The topological polar surface area (TPSA) is 81.7 Å². The van der Waals surface area contributed by atoms with Crippen LogP contribution in [0.5, 0.6) is 0 Å². The van der Waals surface area contributed by atoms with E-state index in [0.29, 0.717) is 5.56 Å². The highest BCUT2D eigenvalue weighted by Crippen LogP contribution is 2.04. The predicted molar refractivity (Wildman–Crippen MR) is 66.2 cm³/mol. The normalized spacial score (nSPS) is 9.70. The van der Waals surface area contributed by atoms with Crippen LogP contribution in [-0.4, -0.2) is 31.2 Å². The monoisotopic (exact) mass is 283 g/mol. The summed E-state index contributed by atoms with van der Waals surface area (Å²) < 4.78 is 21.8. The number of hydrogen-bond acceptors (Lipinski definition) is 5. The minimum Gasteiger partial charge on any atom is -0.455 e. The van der Waals surface area contributed by atoms with E-state index in [4.69, 9.17) is 0 Å². The van der Waals surface area contributed by atoms with Crippen molar-refractivity contribution in [2.24, 2.45) is 0 Å². The SMILES string of the molecule is CCOC(=O)NC(=O)COC(=O)Cc1ccc(F)cc1. The summed E-state index contributed by atoms with van der Waals surface area (Å²) in [6, 6.07) is 5.32. The molecule has 0 radical (unpaired) electrons. The molecule has 0 aliphatic heterocycles. The molecule has 0 aliphatic carbocycles. The van der Waals surface area contributed by atoms with Gasteiger partial charge in [-0.2, -0.15) is 0 Å². The molecule has 1 aromatic carbocycles. The van der Waals surface area contributed by atoms with E-state index in [9.17, 15) is 18.8 Å². The molecule has 2 amide bonds. The molecule has 0 aromatic heterocycles. The van der Waals surface area contributed by atoms with Crippen LogP contribution in [0.2, 0.25) is 0 Å². The number of nitrogens with one attached hydrogen (secondary N) is 1. The summed E-state index contributed by atoms with van der Waals surface area (Å²) in [7, 11) is 0. The Morgan fingerprint density at radius 2 is 1.80 bits per heavy atom. The first kappa shape index (κ1) is 15.6. The molecule has 0 atom stereocenters. The van der Waals surface area contributed by atoms with Crippen LogP contribution < -0.4 is 5.32 Å². The molecule has 0 saturated carbocycles. The van der Waals surface area contributed by atoms with Crippen molar-refractivity contribution in [1.82, 2.24) is 5.32 Å². The zero-order chi connectivity index (χ0) is 15.0. The van der Waals surface area contributed by atoms with Crippen LogP contribution in [0, 0.1) is 5.82 Å². The quantitative estimate of drug-likeness (QED) is 0.821. The van der Waals surface area contributed by atoms with Gasteiger partial charge in [0.1, 0.15) is 5.82 Å². The fourth-order valence-electron chi connectivity index (χ4n) is 1.28. The van der Waals surface area contributed by atoms with Gasteiger partial charge in [0.05, 0.1) is 13.0 Å². The van der Waals surface area contributed by atoms with Crippen molar-refractivity contribution < 1.29 is 28.2 Å². The van der Waals surface area contributed by atoms with Gasteiger partial charge in [0.2, 0.25) is 0 Å². The number of alkyl carbamates (subject to hydrolysis) is 1. The van der Waals surface area contributed by atoms with E-state index in [1.807, 2.05) is 5.32 Å². The fraction of sp³-hybridized carbons (Fsp3) is 0.308. The van der Waals surface area contributed by atoms with Crippen molar-refractivity contribution in [2.75, 3.05) is 13.2 Å². The summed E-state index contributed by atoms with van der Waals surface area (Å²) in [4.78, 5) is 33.5. The summed E-state index contributed by atoms with van der Waals surface area (Å²) in [5, 5.41) is 1.88. The Kier molecular flexibility index (Phi) is 6.15. The molecule has 0 spiro atoms. The van der Waals surface area contributed by atoms with Gasteiger partial charge in [0.25, 0.3) is 5.91 Å². The van der Waals surface area contributed by atoms with Crippen molar-refractivity contribution >= 4 is 18.0 Å². The van der Waals surface area contributed by atoms with Gasteiger partial charge in [-0.05, 0) is 24.6 Å². The van der Waals surface area contributed by atoms with Crippen molar-refractivity contribution in [3.8, 4) is 0 Å². The smallest absolute Gasteiger partial charge is 0.413 e. The second kappa shape index (κ2) is 7.88. The summed E-state index contributed by atoms with van der Waals surface area (Å²) in [6.45, 7) is 1.13. The number of benzene rings is 1. The van der Waals surface area contributed by atoms with Crippen LogP contribution in [0.25, 0.3) is 0 Å². The maximum absolute atomic E-state index is 12.6. The number of rotatable bonds is 5. The van der Waals surface area contributed by atoms with Crippen molar-refractivity contribution in [3.05, 3.63) is 35.6 Å². The molecule has 6 nitrogen and oxygen atoms in total. The third-order valence-electron chi connectivity index (χ3n) is 2.14. The predicted octanol–water partition coefficient (Wildman–Crippen LogP) is 1.18. The number of halogens is 1. The average molecular weight is 283 g/mol. The Bertz CT molecular complexity index is 486. The molecule has 1 rings (SSSR count). The molecule has 0 heterocycles. The number of imide groups is 1. The lowest BCUT2D eigenvalue weighted by molar-refractivity contribution is -0.147. The van der Waals surface area contributed by atoms with Gasteiger partial charge in [-0.25, -0.2) is 9.18 Å². The van der Waals surface area contributed by atoms with Crippen LogP contribution in [0.1, 0.15) is 12.5 Å². The molecule has 0 fully saturated rings. The van der Waals surface area contributed by atoms with E-state index in [0.717, 1.165) is 0 Å². The molecule has 1 N–H and O–H groups in total. The number of esters is 1. The lowest BCUT2D eigenvalue weighted by atomic mass is 10.1. The number of ether oxygens (including phenoxy) is 2. The summed E-state index contributed by atoms with van der Waals surface area (Å²) >= 11 is 0. The van der Waals surface area contributed by atoms with Crippen molar-refractivity contribution in [2.45, 2.75) is 13.3 Å². The van der Waals surface area contributed by atoms with Gasteiger partial charge in [0.15, 0.2) is 6.61 Å². The Hall–Kier alpha value is -2.44. The highest BCUT2D eigenvalue weighted by molar-refractivity contribution is 5.93. The van der Waals surface area contributed by atoms with Crippen LogP contribution in [-0.2, 0) is 25.5 Å². The van der Waals surface area contributed by atoms with E-state index in [1.54, 1.807) is 6.92 Å². The van der Waals surface area contributed by atoms with Crippen molar-refractivity contribution in [3.63, 3.8) is 0 Å². The molecule has 0 aliphatic rings. The second-order valence-electron chi connectivity index (χ2n) is 3.73. The van der Waals surface area contributed by atoms with Gasteiger partial charge >= 0.3 is 12.1 Å². The van der Waals surface area contributed by atoms with Crippen LogP contribution in [0.3, 0.4) is 0 Å². The Morgan fingerprint density at radius 3 is 2.40 bits per heavy atom. The molecule has 1 aromatic rings. The van der Waals surface area contributed by atoms with Gasteiger partial charge in [-0.1, -0.05) is 12.1 Å². The third kappa shape index (κ3) is 5.94. The Labute approximate surface area is 114 Å². The number of amides is 2. The van der Waals surface area contributed by atoms with Gasteiger partial charge in [-0.3, -0.25) is 14.9 Å². The van der Waals surface area contributed by atoms with E-state index in [-0.39, 0.29) is 13.0 Å². The van der Waals surface area contributed by atoms with E-state index in [1.165, 1.54) is 24.3 Å². The number of carbonyl (C=O) groups is 3. The number of hydrogen-bond donors (Lipinski definition) is 1. The van der Waals surface area contributed by atoms with Gasteiger partial charge < -0.3 is 9.47 Å². The standard InChI is InChI=1S/C13H14FNO5/c1-2-19-13(18)15-11(16)8-20-12(17)7-9-3-5-10(14)6-4-9/h3-6H,2,7-8H2,1H3,(H,15,16,18). The minimum absolute atomic E-state index is 0.0903. The minimum atomic E-state index is -0.896. The maximum Gasteiger partial charge on any atom is 0.413 e.